The maximum Gasteiger partial charge on any atom is 0.272 e. The standard InChI is InChI=1S/C27H22ClFN4O2/c1-16-6-5-9-22(29)25(16)17-10-13-21(28)20(14-17)26(34)31-24-15-23(27(35)30-18-11-12-18)32-33(24)19-7-3-2-4-8-19/h2-10,13-15,18H,11-12H2,1H3,(H,30,35)(H,31,34). The number of anilines is 1. The molecule has 8 heteroatoms. The topological polar surface area (TPSA) is 76.0 Å². The predicted molar refractivity (Wildman–Crippen MR) is 134 cm³/mol. The van der Waals surface area contributed by atoms with Crippen molar-refractivity contribution in [3.05, 3.63) is 100 Å². The summed E-state index contributed by atoms with van der Waals surface area (Å²) >= 11 is 6.36. The fraction of sp³-hybridized carbons (Fsp3) is 0.148. The second-order valence-electron chi connectivity index (χ2n) is 8.49. The van der Waals surface area contributed by atoms with E-state index in [1.165, 1.54) is 16.8 Å². The summed E-state index contributed by atoms with van der Waals surface area (Å²) in [4.78, 5) is 25.9. The number of halogens is 2. The zero-order valence-electron chi connectivity index (χ0n) is 18.9. The minimum absolute atomic E-state index is 0.172. The predicted octanol–water partition coefficient (Wildman–Crippen LogP) is 5.78. The van der Waals surface area contributed by atoms with Crippen LogP contribution in [0, 0.1) is 12.7 Å². The highest BCUT2D eigenvalue weighted by Crippen LogP contribution is 2.30. The monoisotopic (exact) mass is 488 g/mol. The summed E-state index contributed by atoms with van der Waals surface area (Å²) in [6.45, 7) is 1.80. The van der Waals surface area contributed by atoms with Crippen LogP contribution in [0.25, 0.3) is 16.8 Å². The molecule has 5 rings (SSSR count). The molecule has 35 heavy (non-hydrogen) atoms. The van der Waals surface area contributed by atoms with Gasteiger partial charge in [0.1, 0.15) is 11.6 Å². The Hall–Kier alpha value is -3.97. The van der Waals surface area contributed by atoms with Gasteiger partial charge in [0, 0.05) is 17.7 Å². The molecule has 0 bridgehead atoms. The van der Waals surface area contributed by atoms with Gasteiger partial charge in [-0.1, -0.05) is 48.0 Å². The van der Waals surface area contributed by atoms with E-state index in [1.54, 1.807) is 37.3 Å². The maximum absolute atomic E-state index is 14.5. The van der Waals surface area contributed by atoms with E-state index >= 15 is 0 Å². The van der Waals surface area contributed by atoms with Gasteiger partial charge in [0.15, 0.2) is 5.69 Å². The van der Waals surface area contributed by atoms with Crippen LogP contribution in [0.3, 0.4) is 0 Å². The third-order valence-electron chi connectivity index (χ3n) is 5.82. The number of nitrogens with zero attached hydrogens (tertiary/aromatic N) is 2. The van der Waals surface area contributed by atoms with Crippen LogP contribution in [-0.2, 0) is 0 Å². The van der Waals surface area contributed by atoms with Gasteiger partial charge >= 0.3 is 0 Å². The van der Waals surface area contributed by atoms with E-state index in [0.717, 1.165) is 18.4 Å². The molecule has 4 aromatic rings. The van der Waals surface area contributed by atoms with Crippen molar-refractivity contribution in [2.45, 2.75) is 25.8 Å². The highest BCUT2D eigenvalue weighted by atomic mass is 35.5. The third-order valence-corrected chi connectivity index (χ3v) is 6.15. The Morgan fingerprint density at radius 1 is 1.00 bits per heavy atom. The third kappa shape index (κ3) is 4.81. The first-order chi connectivity index (χ1) is 16.9. The highest BCUT2D eigenvalue weighted by molar-refractivity contribution is 6.34. The molecular formula is C27H22ClFN4O2. The van der Waals surface area contributed by atoms with Crippen LogP contribution in [0.1, 0.15) is 39.3 Å². The molecule has 0 atom stereocenters. The lowest BCUT2D eigenvalue weighted by molar-refractivity contribution is 0.0944. The van der Waals surface area contributed by atoms with Gasteiger partial charge in [-0.3, -0.25) is 9.59 Å². The van der Waals surface area contributed by atoms with E-state index < -0.39 is 5.91 Å². The molecule has 1 heterocycles. The summed E-state index contributed by atoms with van der Waals surface area (Å²) in [6, 6.07) is 20.5. The largest absolute Gasteiger partial charge is 0.348 e. The smallest absolute Gasteiger partial charge is 0.272 e. The number of aryl methyl sites for hydroxylation is 1. The van der Waals surface area contributed by atoms with Crippen LogP contribution in [-0.4, -0.2) is 27.6 Å². The first kappa shape index (κ1) is 22.8. The fourth-order valence-corrected chi connectivity index (χ4v) is 4.07. The van der Waals surface area contributed by atoms with E-state index in [9.17, 15) is 14.0 Å². The summed E-state index contributed by atoms with van der Waals surface area (Å²) in [5.41, 5.74) is 2.74. The molecule has 3 aromatic carbocycles. The average Bonchev–Trinajstić information content (AvgIpc) is 3.56. The summed E-state index contributed by atoms with van der Waals surface area (Å²) in [5.74, 6) is -0.873. The van der Waals surface area contributed by atoms with Crippen molar-refractivity contribution in [2.75, 3.05) is 5.32 Å². The molecule has 0 spiro atoms. The normalized spacial score (nSPS) is 12.9. The molecule has 2 N–H and O–H groups in total. The van der Waals surface area contributed by atoms with Gasteiger partial charge in [-0.05, 0) is 61.2 Å². The van der Waals surface area contributed by atoms with Crippen molar-refractivity contribution in [1.29, 1.82) is 0 Å². The Morgan fingerprint density at radius 3 is 2.49 bits per heavy atom. The quantitative estimate of drug-likeness (QED) is 0.361. The fourth-order valence-electron chi connectivity index (χ4n) is 3.87. The number of hydrogen-bond donors (Lipinski definition) is 2. The van der Waals surface area contributed by atoms with E-state index in [4.69, 9.17) is 11.6 Å². The molecule has 0 radical (unpaired) electrons. The SMILES string of the molecule is Cc1cccc(F)c1-c1ccc(Cl)c(C(=O)Nc2cc(C(=O)NC3CC3)nn2-c2ccccc2)c1. The summed E-state index contributed by atoms with van der Waals surface area (Å²) in [7, 11) is 0. The average molecular weight is 489 g/mol. The lowest BCUT2D eigenvalue weighted by Crippen LogP contribution is -2.25. The molecule has 0 unspecified atom stereocenters. The van der Waals surface area contributed by atoms with Crippen molar-refractivity contribution in [3.63, 3.8) is 0 Å². The molecule has 1 aromatic heterocycles. The Morgan fingerprint density at radius 2 is 1.77 bits per heavy atom. The second-order valence-corrected chi connectivity index (χ2v) is 8.90. The summed E-state index contributed by atoms with van der Waals surface area (Å²) < 4.78 is 16.0. The minimum Gasteiger partial charge on any atom is -0.348 e. The van der Waals surface area contributed by atoms with E-state index in [2.05, 4.69) is 15.7 Å². The highest BCUT2D eigenvalue weighted by Gasteiger charge is 2.26. The maximum atomic E-state index is 14.5. The molecule has 1 aliphatic rings. The number of amides is 2. The van der Waals surface area contributed by atoms with Gasteiger partial charge in [0.25, 0.3) is 11.8 Å². The number of nitrogens with one attached hydrogen (secondary N) is 2. The van der Waals surface area contributed by atoms with Gasteiger partial charge in [0.2, 0.25) is 0 Å². The molecule has 1 fully saturated rings. The number of carbonyl (C=O) groups excluding carboxylic acids is 2. The van der Waals surface area contributed by atoms with Crippen LogP contribution < -0.4 is 10.6 Å². The number of hydrogen-bond acceptors (Lipinski definition) is 3. The zero-order valence-corrected chi connectivity index (χ0v) is 19.6. The van der Waals surface area contributed by atoms with Gasteiger partial charge in [-0.15, -0.1) is 0 Å². The number of benzene rings is 3. The number of rotatable bonds is 6. The molecule has 176 valence electrons. The minimum atomic E-state index is -0.503. The Bertz CT molecular complexity index is 1410. The summed E-state index contributed by atoms with van der Waals surface area (Å²) in [6.07, 6.45) is 1.90. The molecule has 2 amide bonds. The van der Waals surface area contributed by atoms with Gasteiger partial charge in [-0.2, -0.15) is 5.10 Å². The van der Waals surface area contributed by atoms with Crippen molar-refractivity contribution in [1.82, 2.24) is 15.1 Å². The van der Waals surface area contributed by atoms with Crippen molar-refractivity contribution < 1.29 is 14.0 Å². The molecule has 0 saturated heterocycles. The van der Waals surface area contributed by atoms with Crippen molar-refractivity contribution in [2.24, 2.45) is 0 Å². The zero-order chi connectivity index (χ0) is 24.5. The number of para-hydroxylation sites is 1. The van der Waals surface area contributed by atoms with Gasteiger partial charge in [0.05, 0.1) is 16.3 Å². The second kappa shape index (κ2) is 9.35. The van der Waals surface area contributed by atoms with Crippen LogP contribution in [0.2, 0.25) is 5.02 Å². The van der Waals surface area contributed by atoms with Crippen LogP contribution >= 0.6 is 11.6 Å². The molecule has 0 aliphatic heterocycles. The van der Waals surface area contributed by atoms with E-state index in [1.807, 2.05) is 30.3 Å². The molecule has 6 nitrogen and oxygen atoms in total. The van der Waals surface area contributed by atoms with Crippen molar-refractivity contribution >= 4 is 29.2 Å². The van der Waals surface area contributed by atoms with Crippen LogP contribution in [0.5, 0.6) is 0 Å². The first-order valence-corrected chi connectivity index (χ1v) is 11.6. The van der Waals surface area contributed by atoms with Gasteiger partial charge < -0.3 is 10.6 Å². The lowest BCUT2D eigenvalue weighted by atomic mass is 9.98. The number of carbonyl (C=O) groups is 2. The Kier molecular flexibility index (Phi) is 6.09. The van der Waals surface area contributed by atoms with Crippen LogP contribution in [0.15, 0.2) is 72.8 Å². The Balaban J connectivity index is 1.50. The molecule has 1 aliphatic carbocycles. The number of aromatic nitrogens is 2. The molecule has 1 saturated carbocycles. The Labute approximate surface area is 206 Å². The van der Waals surface area contributed by atoms with Gasteiger partial charge in [-0.25, -0.2) is 9.07 Å². The van der Waals surface area contributed by atoms with Crippen molar-refractivity contribution in [3.8, 4) is 16.8 Å². The van der Waals surface area contributed by atoms with Crippen LogP contribution in [0.4, 0.5) is 10.2 Å². The lowest BCUT2D eigenvalue weighted by Gasteiger charge is -2.12. The van der Waals surface area contributed by atoms with E-state index in [0.29, 0.717) is 22.6 Å². The first-order valence-electron chi connectivity index (χ1n) is 11.2. The summed E-state index contributed by atoms with van der Waals surface area (Å²) in [5, 5.41) is 10.4. The molecular weight excluding hydrogens is 467 g/mol. The van der Waals surface area contributed by atoms with E-state index in [-0.39, 0.29) is 34.0 Å².